The quantitative estimate of drug-likeness (QED) is 0.730. The van der Waals surface area contributed by atoms with Crippen LogP contribution >= 0.6 is 23.2 Å². The van der Waals surface area contributed by atoms with Crippen molar-refractivity contribution in [2.24, 2.45) is 0 Å². The van der Waals surface area contributed by atoms with E-state index in [1.807, 2.05) is 0 Å². The molecule has 0 aliphatic rings. The Bertz CT molecular complexity index is 547. The summed E-state index contributed by atoms with van der Waals surface area (Å²) in [5, 5.41) is 15.0. The number of carbonyl (C=O) groups excluding carboxylic acids is 2. The maximum atomic E-state index is 11.9. The highest BCUT2D eigenvalue weighted by atomic mass is 35.5. The molecule has 0 saturated carbocycles. The van der Waals surface area contributed by atoms with Gasteiger partial charge in [-0.15, -0.1) is 0 Å². The molecule has 0 bridgehead atoms. The highest BCUT2D eigenvalue weighted by molar-refractivity contribution is 6.37. The van der Waals surface area contributed by atoms with Crippen molar-refractivity contribution in [1.82, 2.24) is 10.6 Å². The van der Waals surface area contributed by atoms with Crippen LogP contribution in [0.2, 0.25) is 10.0 Å². The Balaban J connectivity index is 2.46. The van der Waals surface area contributed by atoms with Gasteiger partial charge in [-0.05, 0) is 32.9 Å². The van der Waals surface area contributed by atoms with Crippen molar-refractivity contribution >= 4 is 35.2 Å². The normalized spacial score (nSPS) is 11.0. The number of nitrogens with one attached hydrogen (secondary N) is 2. The Hall–Kier alpha value is -1.66. The monoisotopic (exact) mass is 348 g/mol. The molecule has 1 rings (SSSR count). The number of hydrogen-bond donors (Lipinski definition) is 3. The van der Waals surface area contributed by atoms with Crippen LogP contribution in [0.1, 0.15) is 31.1 Å². The summed E-state index contributed by atoms with van der Waals surface area (Å²) >= 11 is 11.6. The van der Waals surface area contributed by atoms with E-state index in [2.05, 4.69) is 10.6 Å². The summed E-state index contributed by atoms with van der Waals surface area (Å²) < 4.78 is 5.04. The number of amides is 2. The summed E-state index contributed by atoms with van der Waals surface area (Å²) in [4.78, 5) is 23.3. The van der Waals surface area contributed by atoms with Gasteiger partial charge >= 0.3 is 6.09 Å². The van der Waals surface area contributed by atoms with Gasteiger partial charge in [0, 0.05) is 18.1 Å². The maximum absolute atomic E-state index is 11.9. The minimum atomic E-state index is -0.587. The lowest BCUT2D eigenvalue weighted by atomic mass is 10.2. The Labute approximate surface area is 138 Å². The fourth-order valence-corrected chi connectivity index (χ4v) is 2.10. The molecule has 8 heteroatoms. The third-order valence-electron chi connectivity index (χ3n) is 2.34. The molecule has 0 radical (unpaired) electrons. The van der Waals surface area contributed by atoms with Gasteiger partial charge in [0.2, 0.25) is 0 Å². The number of carbonyl (C=O) groups is 2. The molecule has 0 fully saturated rings. The van der Waals surface area contributed by atoms with E-state index in [1.54, 1.807) is 20.8 Å². The third-order valence-corrected chi connectivity index (χ3v) is 2.86. The molecule has 2 amide bonds. The zero-order valence-electron chi connectivity index (χ0n) is 12.5. The maximum Gasteiger partial charge on any atom is 0.407 e. The van der Waals surface area contributed by atoms with Gasteiger partial charge < -0.3 is 20.5 Å². The number of phenols is 1. The predicted molar refractivity (Wildman–Crippen MR) is 84.7 cm³/mol. The van der Waals surface area contributed by atoms with Gasteiger partial charge in [0.1, 0.15) is 11.4 Å². The van der Waals surface area contributed by atoms with Crippen LogP contribution in [0.4, 0.5) is 4.79 Å². The molecule has 3 N–H and O–H groups in total. The number of hydrogen-bond acceptors (Lipinski definition) is 4. The molecule has 0 heterocycles. The van der Waals surface area contributed by atoms with Gasteiger partial charge in [-0.3, -0.25) is 4.79 Å². The van der Waals surface area contributed by atoms with E-state index in [9.17, 15) is 14.7 Å². The molecule has 1 aromatic rings. The van der Waals surface area contributed by atoms with Gasteiger partial charge in [-0.2, -0.15) is 0 Å². The zero-order valence-corrected chi connectivity index (χ0v) is 14.0. The molecule has 0 atom stereocenters. The van der Waals surface area contributed by atoms with Gasteiger partial charge in [-0.1, -0.05) is 23.2 Å². The lowest BCUT2D eigenvalue weighted by molar-refractivity contribution is 0.0526. The van der Waals surface area contributed by atoms with Crippen molar-refractivity contribution in [3.8, 4) is 5.75 Å². The molecule has 0 aromatic heterocycles. The van der Waals surface area contributed by atoms with E-state index in [0.29, 0.717) is 0 Å². The lowest BCUT2D eigenvalue weighted by Gasteiger charge is -2.19. The minimum absolute atomic E-state index is 0.0441. The summed E-state index contributed by atoms with van der Waals surface area (Å²) in [5.41, 5.74) is -0.654. The third kappa shape index (κ3) is 5.99. The van der Waals surface area contributed by atoms with E-state index in [1.165, 1.54) is 12.1 Å². The average molecular weight is 349 g/mol. The van der Waals surface area contributed by atoms with Crippen LogP contribution in [-0.2, 0) is 4.74 Å². The first-order valence-corrected chi connectivity index (χ1v) is 7.29. The fraction of sp³-hybridized carbons (Fsp3) is 0.429. The van der Waals surface area contributed by atoms with Crippen LogP contribution in [0.5, 0.6) is 5.75 Å². The number of ether oxygens (including phenoxy) is 1. The first kappa shape index (κ1) is 18.4. The van der Waals surface area contributed by atoms with Crippen LogP contribution in [-0.4, -0.2) is 35.8 Å². The van der Waals surface area contributed by atoms with Crippen molar-refractivity contribution in [2.45, 2.75) is 26.4 Å². The molecule has 0 unspecified atom stereocenters. The number of aromatic hydroxyl groups is 1. The molecule has 6 nitrogen and oxygen atoms in total. The zero-order chi connectivity index (χ0) is 16.9. The van der Waals surface area contributed by atoms with Crippen molar-refractivity contribution in [3.63, 3.8) is 0 Å². The van der Waals surface area contributed by atoms with Crippen LogP contribution in [0, 0.1) is 0 Å². The molecular weight excluding hydrogens is 331 g/mol. The van der Waals surface area contributed by atoms with Gasteiger partial charge in [0.05, 0.1) is 10.6 Å². The molecule has 0 saturated heterocycles. The summed E-state index contributed by atoms with van der Waals surface area (Å²) in [6.45, 7) is 5.57. The molecule has 0 aliphatic carbocycles. The van der Waals surface area contributed by atoms with Crippen LogP contribution in [0.15, 0.2) is 12.1 Å². The molecule has 122 valence electrons. The number of halogens is 2. The SMILES string of the molecule is CC(C)(C)OC(=O)NCCNC(=O)c1c(O)cc(Cl)cc1Cl. The Morgan fingerprint density at radius 1 is 1.18 bits per heavy atom. The van der Waals surface area contributed by atoms with E-state index in [0.717, 1.165) is 0 Å². The highest BCUT2D eigenvalue weighted by Gasteiger charge is 2.17. The van der Waals surface area contributed by atoms with Crippen molar-refractivity contribution in [1.29, 1.82) is 0 Å². The molecular formula is C14H18Cl2N2O4. The Morgan fingerprint density at radius 2 is 1.77 bits per heavy atom. The fourth-order valence-electron chi connectivity index (χ4n) is 1.53. The Kier molecular flexibility index (Phi) is 6.32. The first-order valence-electron chi connectivity index (χ1n) is 6.53. The average Bonchev–Trinajstić information content (AvgIpc) is 2.31. The molecule has 0 aliphatic heterocycles. The van der Waals surface area contributed by atoms with E-state index in [4.69, 9.17) is 27.9 Å². The second kappa shape index (κ2) is 7.56. The summed E-state index contributed by atoms with van der Waals surface area (Å²) in [5.74, 6) is -0.875. The van der Waals surface area contributed by atoms with Crippen molar-refractivity contribution < 1.29 is 19.4 Å². The van der Waals surface area contributed by atoms with Crippen LogP contribution in [0.3, 0.4) is 0 Å². The Morgan fingerprint density at radius 3 is 2.32 bits per heavy atom. The van der Waals surface area contributed by atoms with Crippen LogP contribution < -0.4 is 10.6 Å². The van der Waals surface area contributed by atoms with Crippen molar-refractivity contribution in [3.05, 3.63) is 27.7 Å². The second-order valence-corrected chi connectivity index (χ2v) is 6.31. The van der Waals surface area contributed by atoms with E-state index < -0.39 is 17.6 Å². The lowest BCUT2D eigenvalue weighted by Crippen LogP contribution is -2.37. The number of rotatable bonds is 4. The molecule has 0 spiro atoms. The summed E-state index contributed by atoms with van der Waals surface area (Å²) in [6, 6.07) is 2.58. The molecule has 22 heavy (non-hydrogen) atoms. The number of benzene rings is 1. The van der Waals surface area contributed by atoms with Gasteiger partial charge in [0.25, 0.3) is 5.91 Å². The topological polar surface area (TPSA) is 87.7 Å². The summed E-state index contributed by atoms with van der Waals surface area (Å²) in [7, 11) is 0. The van der Waals surface area contributed by atoms with Gasteiger partial charge in [-0.25, -0.2) is 4.79 Å². The minimum Gasteiger partial charge on any atom is -0.507 e. The standard InChI is InChI=1S/C14H18Cl2N2O4/c1-14(2,3)22-13(21)18-5-4-17-12(20)11-9(16)6-8(15)7-10(11)19/h6-7,19H,4-5H2,1-3H3,(H,17,20)(H,18,21). The largest absolute Gasteiger partial charge is 0.507 e. The van der Waals surface area contributed by atoms with E-state index >= 15 is 0 Å². The summed E-state index contributed by atoms with van der Waals surface area (Å²) in [6.07, 6.45) is -0.575. The van der Waals surface area contributed by atoms with E-state index in [-0.39, 0.29) is 34.4 Å². The predicted octanol–water partition coefficient (Wildman–Crippen LogP) is 2.95. The van der Waals surface area contributed by atoms with Gasteiger partial charge in [0.15, 0.2) is 0 Å². The second-order valence-electron chi connectivity index (χ2n) is 5.47. The first-order chi connectivity index (χ1) is 10.1. The van der Waals surface area contributed by atoms with Crippen LogP contribution in [0.25, 0.3) is 0 Å². The molecule has 1 aromatic carbocycles. The van der Waals surface area contributed by atoms with Crippen molar-refractivity contribution in [2.75, 3.05) is 13.1 Å². The number of phenolic OH excluding ortho intramolecular Hbond substituents is 1. The number of alkyl carbamates (subject to hydrolysis) is 1. The smallest absolute Gasteiger partial charge is 0.407 e. The highest BCUT2D eigenvalue weighted by Crippen LogP contribution is 2.29.